The smallest absolute Gasteiger partial charge is 0.336 e. The average molecular weight is 298 g/mol. The topological polar surface area (TPSA) is 99.9 Å². The summed E-state index contributed by atoms with van der Waals surface area (Å²) in [5, 5.41) is 3.02. The second-order valence-electron chi connectivity index (χ2n) is 4.42. The molecule has 0 aromatic heterocycles. The molecule has 0 saturated carbocycles. The van der Waals surface area contributed by atoms with Crippen LogP contribution in [0.2, 0.25) is 0 Å². The van der Waals surface area contributed by atoms with Gasteiger partial charge in [0.2, 0.25) is 0 Å². The van der Waals surface area contributed by atoms with E-state index in [0.717, 1.165) is 0 Å². The van der Waals surface area contributed by atoms with Crippen molar-refractivity contribution in [3.8, 4) is 0 Å². The Balaban J connectivity index is 2.96. The summed E-state index contributed by atoms with van der Waals surface area (Å²) >= 11 is 0. The minimum absolute atomic E-state index is 0.158. The largest absolute Gasteiger partial charge is 0.466 e. The molecule has 0 aromatic rings. The maximum atomic E-state index is 12.0. The summed E-state index contributed by atoms with van der Waals surface area (Å²) in [6, 6.07) is 0. The standard InChI is InChI=1S/C14H22N2O5/c1-4-21-14(18)11-7-10(13(17)19-3)9(2)16-12(11)8-20-6-5-15/h16H,4-8,15H2,1-3H3. The van der Waals surface area contributed by atoms with Gasteiger partial charge in [-0.25, -0.2) is 9.59 Å². The highest BCUT2D eigenvalue weighted by atomic mass is 16.5. The van der Waals surface area contributed by atoms with E-state index in [9.17, 15) is 9.59 Å². The summed E-state index contributed by atoms with van der Waals surface area (Å²) in [6.45, 7) is 4.71. The summed E-state index contributed by atoms with van der Waals surface area (Å²) < 4.78 is 15.1. The molecule has 0 fully saturated rings. The molecule has 1 rings (SSSR count). The molecule has 0 aliphatic carbocycles. The molecule has 118 valence electrons. The van der Waals surface area contributed by atoms with Crippen LogP contribution < -0.4 is 11.1 Å². The Labute approximate surface area is 124 Å². The second kappa shape index (κ2) is 8.43. The van der Waals surface area contributed by atoms with Crippen LogP contribution in [-0.4, -0.2) is 45.4 Å². The van der Waals surface area contributed by atoms with Gasteiger partial charge >= 0.3 is 11.9 Å². The number of dihydropyridines is 1. The number of hydrogen-bond acceptors (Lipinski definition) is 7. The monoisotopic (exact) mass is 298 g/mol. The van der Waals surface area contributed by atoms with Crippen molar-refractivity contribution in [1.82, 2.24) is 5.32 Å². The van der Waals surface area contributed by atoms with E-state index in [-0.39, 0.29) is 19.6 Å². The van der Waals surface area contributed by atoms with Crippen LogP contribution in [0.4, 0.5) is 0 Å². The third-order valence-corrected chi connectivity index (χ3v) is 2.97. The third-order valence-electron chi connectivity index (χ3n) is 2.97. The zero-order valence-electron chi connectivity index (χ0n) is 12.7. The predicted octanol–water partition coefficient (Wildman–Crippen LogP) is 0.219. The van der Waals surface area contributed by atoms with Crippen LogP contribution in [0.3, 0.4) is 0 Å². The van der Waals surface area contributed by atoms with Crippen LogP contribution in [0.15, 0.2) is 22.5 Å². The van der Waals surface area contributed by atoms with Gasteiger partial charge in [0.15, 0.2) is 0 Å². The quantitative estimate of drug-likeness (QED) is 0.512. The Morgan fingerprint density at radius 2 is 2.00 bits per heavy atom. The molecule has 0 amide bonds. The molecule has 7 nitrogen and oxygen atoms in total. The zero-order chi connectivity index (χ0) is 15.8. The number of allylic oxidation sites excluding steroid dienone is 1. The van der Waals surface area contributed by atoms with E-state index in [1.807, 2.05) is 0 Å². The van der Waals surface area contributed by atoms with Gasteiger partial charge in [-0.3, -0.25) is 0 Å². The van der Waals surface area contributed by atoms with Crippen molar-refractivity contribution in [2.24, 2.45) is 5.73 Å². The Morgan fingerprint density at radius 3 is 2.57 bits per heavy atom. The molecule has 0 atom stereocenters. The number of hydrogen-bond donors (Lipinski definition) is 2. The van der Waals surface area contributed by atoms with Crippen molar-refractivity contribution in [3.63, 3.8) is 0 Å². The van der Waals surface area contributed by atoms with Gasteiger partial charge in [-0.15, -0.1) is 0 Å². The first-order valence-corrected chi connectivity index (χ1v) is 6.77. The maximum Gasteiger partial charge on any atom is 0.336 e. The molecule has 1 aliphatic rings. The van der Waals surface area contributed by atoms with E-state index in [0.29, 0.717) is 35.7 Å². The second-order valence-corrected chi connectivity index (χ2v) is 4.42. The lowest BCUT2D eigenvalue weighted by Gasteiger charge is -2.24. The van der Waals surface area contributed by atoms with Gasteiger partial charge < -0.3 is 25.3 Å². The Kier molecular flexibility index (Phi) is 6.90. The van der Waals surface area contributed by atoms with Crippen molar-refractivity contribution >= 4 is 11.9 Å². The molecular weight excluding hydrogens is 276 g/mol. The van der Waals surface area contributed by atoms with Gasteiger partial charge in [0.1, 0.15) is 0 Å². The van der Waals surface area contributed by atoms with Crippen LogP contribution in [-0.2, 0) is 23.8 Å². The van der Waals surface area contributed by atoms with Gasteiger partial charge in [-0.2, -0.15) is 0 Å². The van der Waals surface area contributed by atoms with Gasteiger partial charge in [0.05, 0.1) is 43.8 Å². The maximum absolute atomic E-state index is 12.0. The van der Waals surface area contributed by atoms with Crippen molar-refractivity contribution in [3.05, 3.63) is 22.5 Å². The number of esters is 2. The van der Waals surface area contributed by atoms with Gasteiger partial charge in [0, 0.05) is 18.7 Å². The molecule has 0 spiro atoms. The van der Waals surface area contributed by atoms with E-state index >= 15 is 0 Å². The number of nitrogens with one attached hydrogen (secondary N) is 1. The minimum atomic E-state index is -0.469. The Bertz CT molecular complexity index is 468. The lowest BCUT2D eigenvalue weighted by Crippen LogP contribution is -2.30. The molecule has 1 aliphatic heterocycles. The number of rotatable bonds is 7. The van der Waals surface area contributed by atoms with E-state index in [1.165, 1.54) is 7.11 Å². The summed E-state index contributed by atoms with van der Waals surface area (Å²) in [5.41, 5.74) is 7.38. The molecule has 0 radical (unpaired) electrons. The molecule has 3 N–H and O–H groups in total. The van der Waals surface area contributed by atoms with Gasteiger partial charge in [-0.1, -0.05) is 0 Å². The fraction of sp³-hybridized carbons (Fsp3) is 0.571. The fourth-order valence-corrected chi connectivity index (χ4v) is 1.94. The Morgan fingerprint density at radius 1 is 1.29 bits per heavy atom. The number of nitrogens with two attached hydrogens (primary N) is 1. The molecular formula is C14H22N2O5. The highest BCUT2D eigenvalue weighted by Crippen LogP contribution is 2.25. The van der Waals surface area contributed by atoms with E-state index in [2.05, 4.69) is 5.32 Å². The molecule has 0 aromatic carbocycles. The summed E-state index contributed by atoms with van der Waals surface area (Å²) in [6.07, 6.45) is 0.158. The number of methoxy groups -OCH3 is 1. The summed E-state index contributed by atoms with van der Waals surface area (Å²) in [4.78, 5) is 23.8. The Hall–Kier alpha value is -1.86. The third kappa shape index (κ3) is 4.57. The highest BCUT2D eigenvalue weighted by Gasteiger charge is 2.28. The lowest BCUT2D eigenvalue weighted by atomic mass is 9.98. The van der Waals surface area contributed by atoms with Crippen LogP contribution in [0.25, 0.3) is 0 Å². The zero-order valence-corrected chi connectivity index (χ0v) is 12.7. The first-order valence-electron chi connectivity index (χ1n) is 6.77. The summed E-state index contributed by atoms with van der Waals surface area (Å²) in [5.74, 6) is -0.936. The minimum Gasteiger partial charge on any atom is -0.466 e. The van der Waals surface area contributed by atoms with Crippen LogP contribution in [0.1, 0.15) is 20.3 Å². The van der Waals surface area contributed by atoms with Crippen molar-refractivity contribution in [2.45, 2.75) is 20.3 Å². The van der Waals surface area contributed by atoms with Crippen molar-refractivity contribution < 1.29 is 23.8 Å². The SMILES string of the molecule is CCOC(=O)C1=C(COCCN)NC(C)=C(C(=O)OC)C1. The number of carbonyl (C=O) groups is 2. The molecule has 1 heterocycles. The fourth-order valence-electron chi connectivity index (χ4n) is 1.94. The first kappa shape index (κ1) is 17.2. The van der Waals surface area contributed by atoms with Crippen molar-refractivity contribution in [1.29, 1.82) is 0 Å². The molecule has 0 unspecified atom stereocenters. The molecule has 21 heavy (non-hydrogen) atoms. The highest BCUT2D eigenvalue weighted by molar-refractivity contribution is 5.96. The van der Waals surface area contributed by atoms with Crippen LogP contribution >= 0.6 is 0 Å². The molecule has 0 saturated heterocycles. The molecule has 0 bridgehead atoms. The van der Waals surface area contributed by atoms with Crippen LogP contribution in [0.5, 0.6) is 0 Å². The first-order chi connectivity index (χ1) is 10.0. The van der Waals surface area contributed by atoms with Crippen molar-refractivity contribution in [2.75, 3.05) is 33.5 Å². The van der Waals surface area contributed by atoms with E-state index < -0.39 is 11.9 Å². The molecule has 7 heteroatoms. The normalized spacial score (nSPS) is 14.9. The van der Waals surface area contributed by atoms with Gasteiger partial charge in [0.25, 0.3) is 0 Å². The van der Waals surface area contributed by atoms with E-state index in [4.69, 9.17) is 19.9 Å². The average Bonchev–Trinajstić information content (AvgIpc) is 2.47. The lowest BCUT2D eigenvalue weighted by molar-refractivity contribution is -0.138. The summed E-state index contributed by atoms with van der Waals surface area (Å²) in [7, 11) is 1.30. The predicted molar refractivity (Wildman–Crippen MR) is 76.0 cm³/mol. The number of carbonyl (C=O) groups excluding carboxylic acids is 2. The number of ether oxygens (including phenoxy) is 3. The van der Waals surface area contributed by atoms with Gasteiger partial charge in [-0.05, 0) is 13.8 Å². The van der Waals surface area contributed by atoms with E-state index in [1.54, 1.807) is 13.8 Å². The van der Waals surface area contributed by atoms with Crippen LogP contribution in [0, 0.1) is 0 Å².